The monoisotopic (exact) mass is 393 g/mol. The third-order valence-electron chi connectivity index (χ3n) is 5.23. The minimum atomic E-state index is -0.342. The summed E-state index contributed by atoms with van der Waals surface area (Å²) >= 11 is 0. The molecule has 1 fully saturated rings. The van der Waals surface area contributed by atoms with Crippen LogP contribution in [0.2, 0.25) is 0 Å². The first-order valence-corrected chi connectivity index (χ1v) is 10.1. The highest BCUT2D eigenvalue weighted by molar-refractivity contribution is 5.93. The van der Waals surface area contributed by atoms with Gasteiger partial charge in [0.05, 0.1) is 39.1 Å². The largest absolute Gasteiger partial charge is 0.360 e. The lowest BCUT2D eigenvalue weighted by molar-refractivity contribution is -0.900. The molecule has 29 heavy (non-hydrogen) atoms. The molecule has 3 N–H and O–H groups in total. The van der Waals surface area contributed by atoms with Gasteiger partial charge >= 0.3 is 0 Å². The van der Waals surface area contributed by atoms with E-state index in [-0.39, 0.29) is 11.8 Å². The normalized spacial score (nSPS) is 14.7. The maximum Gasteiger partial charge on any atom is 0.262 e. The van der Waals surface area contributed by atoms with Crippen LogP contribution in [0, 0.1) is 6.92 Å². The fraction of sp³-hybridized carbons (Fsp3) is 0.304. The van der Waals surface area contributed by atoms with Gasteiger partial charge in [0, 0.05) is 11.8 Å². The van der Waals surface area contributed by atoms with E-state index in [1.54, 1.807) is 6.08 Å². The van der Waals surface area contributed by atoms with Crippen molar-refractivity contribution in [3.63, 3.8) is 0 Å². The smallest absolute Gasteiger partial charge is 0.262 e. The first kappa shape index (κ1) is 20.6. The van der Waals surface area contributed by atoms with Crippen LogP contribution >= 0.6 is 0 Å². The summed E-state index contributed by atoms with van der Waals surface area (Å²) in [5, 5.41) is 0. The summed E-state index contributed by atoms with van der Waals surface area (Å²) in [5.74, 6) is -0.508. The number of benzene rings is 2. The van der Waals surface area contributed by atoms with Gasteiger partial charge in [-0.15, -0.1) is 0 Å². The lowest BCUT2D eigenvalue weighted by Crippen LogP contribution is -3.15. The molecule has 0 aliphatic carbocycles. The van der Waals surface area contributed by atoms with Crippen LogP contribution in [0.3, 0.4) is 0 Å². The van der Waals surface area contributed by atoms with Crippen molar-refractivity contribution in [2.45, 2.75) is 13.3 Å². The third kappa shape index (κ3) is 6.47. The van der Waals surface area contributed by atoms with Crippen LogP contribution in [-0.2, 0) is 9.59 Å². The molecule has 1 saturated heterocycles. The van der Waals surface area contributed by atoms with Crippen LogP contribution in [0.4, 0.5) is 5.69 Å². The van der Waals surface area contributed by atoms with Gasteiger partial charge in [-0.1, -0.05) is 42.5 Å². The van der Waals surface area contributed by atoms with Crippen molar-refractivity contribution in [2.24, 2.45) is 0 Å². The highest BCUT2D eigenvalue weighted by Crippen LogP contribution is 2.12. The van der Waals surface area contributed by atoms with Gasteiger partial charge in [-0.3, -0.25) is 20.4 Å². The standard InChI is InChI=1S/C23H28N4O2/c1-19-7-5-6-8-20(19)11-12-22(28)24-25-23(29)13-14-26-15-17-27(18-16-26)21-9-3-2-4-10-21/h2-12H,13-18H2,1H3,(H,24,28)(H,25,29)/p+1/b12-11+. The zero-order chi connectivity index (χ0) is 20.5. The fourth-order valence-corrected chi connectivity index (χ4v) is 3.43. The van der Waals surface area contributed by atoms with Crippen molar-refractivity contribution in [1.29, 1.82) is 0 Å². The minimum absolute atomic E-state index is 0.166. The van der Waals surface area contributed by atoms with E-state index in [0.717, 1.165) is 43.9 Å². The van der Waals surface area contributed by atoms with Crippen molar-refractivity contribution in [2.75, 3.05) is 37.6 Å². The topological polar surface area (TPSA) is 65.9 Å². The number of hydrogen-bond donors (Lipinski definition) is 3. The number of carbonyl (C=O) groups excluding carboxylic acids is 2. The number of hydrazine groups is 1. The summed E-state index contributed by atoms with van der Waals surface area (Å²) in [6, 6.07) is 18.2. The number of carbonyl (C=O) groups is 2. The molecule has 0 atom stereocenters. The number of para-hydroxylation sites is 1. The van der Waals surface area contributed by atoms with E-state index in [1.807, 2.05) is 37.3 Å². The maximum absolute atomic E-state index is 12.0. The van der Waals surface area contributed by atoms with E-state index in [0.29, 0.717) is 6.42 Å². The lowest BCUT2D eigenvalue weighted by Gasteiger charge is -2.33. The first-order valence-electron chi connectivity index (χ1n) is 10.1. The molecule has 6 heteroatoms. The van der Waals surface area contributed by atoms with E-state index < -0.39 is 0 Å². The zero-order valence-corrected chi connectivity index (χ0v) is 16.9. The number of quaternary nitrogens is 1. The molecule has 0 spiro atoms. The molecule has 1 aliphatic heterocycles. The van der Waals surface area contributed by atoms with Crippen LogP contribution in [0.5, 0.6) is 0 Å². The van der Waals surface area contributed by atoms with Crippen LogP contribution in [0.25, 0.3) is 6.08 Å². The van der Waals surface area contributed by atoms with Gasteiger partial charge in [0.1, 0.15) is 0 Å². The van der Waals surface area contributed by atoms with Crippen molar-refractivity contribution in [3.05, 3.63) is 71.8 Å². The summed E-state index contributed by atoms with van der Waals surface area (Å²) in [6.07, 6.45) is 3.56. The van der Waals surface area contributed by atoms with Gasteiger partial charge in [-0.05, 0) is 36.3 Å². The van der Waals surface area contributed by atoms with Gasteiger partial charge < -0.3 is 9.80 Å². The Morgan fingerprint density at radius 1 is 1.00 bits per heavy atom. The Morgan fingerprint density at radius 3 is 2.41 bits per heavy atom. The maximum atomic E-state index is 12.0. The summed E-state index contributed by atoms with van der Waals surface area (Å²) in [5.41, 5.74) is 8.27. The average Bonchev–Trinajstić information content (AvgIpc) is 2.76. The quantitative estimate of drug-likeness (QED) is 0.506. The molecule has 0 radical (unpaired) electrons. The Hall–Kier alpha value is -3.12. The average molecular weight is 394 g/mol. The molecule has 1 aliphatic rings. The van der Waals surface area contributed by atoms with Crippen LogP contribution < -0.4 is 20.7 Å². The molecule has 1 heterocycles. The molecular formula is C23H29N4O2+. The van der Waals surface area contributed by atoms with Gasteiger partial charge in [0.25, 0.3) is 5.91 Å². The van der Waals surface area contributed by atoms with Crippen molar-refractivity contribution >= 4 is 23.6 Å². The van der Waals surface area contributed by atoms with Gasteiger partial charge in [0.15, 0.2) is 0 Å². The number of amides is 2. The Balaban J connectivity index is 1.33. The highest BCUT2D eigenvalue weighted by Gasteiger charge is 2.20. The van der Waals surface area contributed by atoms with Crippen molar-refractivity contribution in [3.8, 4) is 0 Å². The van der Waals surface area contributed by atoms with Crippen molar-refractivity contribution in [1.82, 2.24) is 10.9 Å². The Labute approximate surface area is 172 Å². The minimum Gasteiger partial charge on any atom is -0.360 e. The fourth-order valence-electron chi connectivity index (χ4n) is 3.43. The molecule has 0 saturated carbocycles. The van der Waals surface area contributed by atoms with E-state index in [4.69, 9.17) is 0 Å². The number of nitrogens with one attached hydrogen (secondary N) is 3. The molecular weight excluding hydrogens is 364 g/mol. The van der Waals surface area contributed by atoms with Gasteiger partial charge in [-0.2, -0.15) is 0 Å². The molecule has 0 aromatic heterocycles. The number of nitrogens with zero attached hydrogens (tertiary/aromatic N) is 1. The number of aryl methyl sites for hydroxylation is 1. The zero-order valence-electron chi connectivity index (χ0n) is 16.9. The Bertz CT molecular complexity index is 843. The number of hydrogen-bond acceptors (Lipinski definition) is 3. The van der Waals surface area contributed by atoms with E-state index in [2.05, 4.69) is 40.0 Å². The second kappa shape index (κ2) is 10.4. The molecule has 6 nitrogen and oxygen atoms in total. The summed E-state index contributed by atoms with van der Waals surface area (Å²) in [4.78, 5) is 27.7. The van der Waals surface area contributed by atoms with E-state index in [9.17, 15) is 9.59 Å². The first-order chi connectivity index (χ1) is 14.1. The summed E-state index contributed by atoms with van der Waals surface area (Å²) in [7, 11) is 0. The molecule has 3 rings (SSSR count). The Kier molecular flexibility index (Phi) is 7.41. The summed E-state index contributed by atoms with van der Waals surface area (Å²) in [6.45, 7) is 6.74. The van der Waals surface area contributed by atoms with Crippen LogP contribution in [0.15, 0.2) is 60.7 Å². The summed E-state index contributed by atoms with van der Waals surface area (Å²) < 4.78 is 0. The highest BCUT2D eigenvalue weighted by atomic mass is 16.2. The molecule has 152 valence electrons. The van der Waals surface area contributed by atoms with Crippen LogP contribution in [0.1, 0.15) is 17.5 Å². The SMILES string of the molecule is Cc1ccccc1/C=C/C(=O)NNC(=O)CC[NH+]1CCN(c2ccccc2)CC1. The predicted molar refractivity (Wildman–Crippen MR) is 115 cm³/mol. The lowest BCUT2D eigenvalue weighted by atomic mass is 10.1. The number of anilines is 1. The van der Waals surface area contributed by atoms with E-state index >= 15 is 0 Å². The molecule has 0 bridgehead atoms. The van der Waals surface area contributed by atoms with Crippen LogP contribution in [-0.4, -0.2) is 44.5 Å². The molecule has 2 amide bonds. The Morgan fingerprint density at radius 2 is 1.69 bits per heavy atom. The molecule has 2 aromatic rings. The van der Waals surface area contributed by atoms with E-state index in [1.165, 1.54) is 16.7 Å². The number of piperazine rings is 1. The van der Waals surface area contributed by atoms with Gasteiger partial charge in [0.2, 0.25) is 5.91 Å². The molecule has 2 aromatic carbocycles. The predicted octanol–water partition coefficient (Wildman–Crippen LogP) is 0.951. The third-order valence-corrected chi connectivity index (χ3v) is 5.23. The van der Waals surface area contributed by atoms with Gasteiger partial charge in [-0.25, -0.2) is 0 Å². The molecule has 0 unspecified atom stereocenters. The number of rotatable bonds is 6. The second-order valence-electron chi connectivity index (χ2n) is 7.30. The van der Waals surface area contributed by atoms with Crippen molar-refractivity contribution < 1.29 is 14.5 Å². The second-order valence-corrected chi connectivity index (χ2v) is 7.30.